The Hall–Kier alpha value is -1.71. The third-order valence-electron chi connectivity index (χ3n) is 2.70. The van der Waals surface area contributed by atoms with Crippen molar-refractivity contribution in [3.05, 3.63) is 17.7 Å². The summed E-state index contributed by atoms with van der Waals surface area (Å²) < 4.78 is 10.6. The second kappa shape index (κ2) is 7.58. The molecule has 0 aliphatic carbocycles. The third-order valence-corrected chi connectivity index (χ3v) is 2.70. The van der Waals surface area contributed by atoms with E-state index in [4.69, 9.17) is 9.47 Å². The highest BCUT2D eigenvalue weighted by molar-refractivity contribution is 5.84. The fourth-order valence-electron chi connectivity index (χ4n) is 1.68. The summed E-state index contributed by atoms with van der Waals surface area (Å²) in [6.07, 6.45) is 5.06. The maximum absolute atomic E-state index is 10.8. The van der Waals surface area contributed by atoms with Gasteiger partial charge in [-0.25, -0.2) is 0 Å². The molecule has 1 aromatic carbocycles. The Labute approximate surface area is 108 Å². The highest BCUT2D eigenvalue weighted by atomic mass is 16.5. The van der Waals surface area contributed by atoms with E-state index in [1.807, 2.05) is 0 Å². The maximum atomic E-state index is 10.8. The molecule has 0 radical (unpaired) electrons. The zero-order valence-corrected chi connectivity index (χ0v) is 10.9. The van der Waals surface area contributed by atoms with Crippen LogP contribution in [-0.2, 0) is 0 Å². The standard InChI is InChI=1S/C14H20O4/c1-3-4-5-6-7-18-11-8-13(16)12(10-15)14(9-11)17-2/h8-10,16H,3-7H2,1-2H3. The van der Waals surface area contributed by atoms with Crippen LogP contribution in [0.5, 0.6) is 17.2 Å². The quantitative estimate of drug-likeness (QED) is 0.570. The van der Waals surface area contributed by atoms with Crippen LogP contribution in [0.3, 0.4) is 0 Å². The number of hydrogen-bond donors (Lipinski definition) is 1. The highest BCUT2D eigenvalue weighted by Crippen LogP contribution is 2.31. The van der Waals surface area contributed by atoms with E-state index in [2.05, 4.69) is 6.92 Å². The van der Waals surface area contributed by atoms with E-state index in [1.54, 1.807) is 6.07 Å². The van der Waals surface area contributed by atoms with E-state index < -0.39 is 0 Å². The lowest BCUT2D eigenvalue weighted by Gasteiger charge is -2.10. The van der Waals surface area contributed by atoms with E-state index in [0.717, 1.165) is 12.8 Å². The van der Waals surface area contributed by atoms with Crippen molar-refractivity contribution in [2.45, 2.75) is 32.6 Å². The van der Waals surface area contributed by atoms with Gasteiger partial charge >= 0.3 is 0 Å². The summed E-state index contributed by atoms with van der Waals surface area (Å²) in [4.78, 5) is 10.8. The molecule has 0 aliphatic heterocycles. The minimum absolute atomic E-state index is 0.118. The number of unbranched alkanes of at least 4 members (excludes halogenated alkanes) is 3. The number of methoxy groups -OCH3 is 1. The van der Waals surface area contributed by atoms with Gasteiger partial charge in [-0.1, -0.05) is 26.2 Å². The second-order valence-corrected chi connectivity index (χ2v) is 4.09. The molecule has 0 aliphatic rings. The fourth-order valence-corrected chi connectivity index (χ4v) is 1.68. The topological polar surface area (TPSA) is 55.8 Å². The fraction of sp³-hybridized carbons (Fsp3) is 0.500. The molecular weight excluding hydrogens is 232 g/mol. The van der Waals surface area contributed by atoms with Crippen LogP contribution in [0.25, 0.3) is 0 Å². The summed E-state index contributed by atoms with van der Waals surface area (Å²) in [7, 11) is 1.45. The van der Waals surface area contributed by atoms with Gasteiger partial charge in [0.2, 0.25) is 0 Å². The van der Waals surface area contributed by atoms with Gasteiger partial charge in [-0.2, -0.15) is 0 Å². The Bertz CT molecular complexity index is 388. The molecule has 4 heteroatoms. The van der Waals surface area contributed by atoms with Crippen molar-refractivity contribution in [3.8, 4) is 17.2 Å². The van der Waals surface area contributed by atoms with Crippen molar-refractivity contribution in [2.24, 2.45) is 0 Å². The van der Waals surface area contributed by atoms with Gasteiger partial charge in [0.25, 0.3) is 0 Å². The molecule has 0 bridgehead atoms. The molecule has 0 saturated heterocycles. The van der Waals surface area contributed by atoms with Crippen LogP contribution in [0, 0.1) is 0 Å². The molecule has 18 heavy (non-hydrogen) atoms. The normalized spacial score (nSPS) is 10.1. The summed E-state index contributed by atoms with van der Waals surface area (Å²) in [5.74, 6) is 0.730. The van der Waals surface area contributed by atoms with E-state index in [1.165, 1.54) is 26.0 Å². The lowest BCUT2D eigenvalue weighted by molar-refractivity contribution is 0.111. The molecule has 0 saturated carbocycles. The number of carbonyl (C=O) groups excluding carboxylic acids is 1. The summed E-state index contributed by atoms with van der Waals surface area (Å²) in [6, 6.07) is 3.05. The van der Waals surface area contributed by atoms with Crippen LogP contribution in [0.1, 0.15) is 43.0 Å². The molecule has 1 N–H and O–H groups in total. The van der Waals surface area contributed by atoms with Crippen LogP contribution in [0.2, 0.25) is 0 Å². The molecule has 1 rings (SSSR count). The second-order valence-electron chi connectivity index (χ2n) is 4.09. The Morgan fingerprint density at radius 1 is 1.28 bits per heavy atom. The molecule has 0 aromatic heterocycles. The lowest BCUT2D eigenvalue weighted by atomic mass is 10.2. The Morgan fingerprint density at radius 3 is 2.67 bits per heavy atom. The minimum Gasteiger partial charge on any atom is -0.507 e. The van der Waals surface area contributed by atoms with Gasteiger partial charge in [0.1, 0.15) is 17.2 Å². The molecule has 0 spiro atoms. The maximum Gasteiger partial charge on any atom is 0.157 e. The molecule has 4 nitrogen and oxygen atoms in total. The van der Waals surface area contributed by atoms with Crippen molar-refractivity contribution >= 4 is 6.29 Å². The largest absolute Gasteiger partial charge is 0.507 e. The van der Waals surface area contributed by atoms with Gasteiger partial charge in [-0.3, -0.25) is 4.79 Å². The van der Waals surface area contributed by atoms with Crippen LogP contribution < -0.4 is 9.47 Å². The van der Waals surface area contributed by atoms with Gasteiger partial charge < -0.3 is 14.6 Å². The van der Waals surface area contributed by atoms with Gasteiger partial charge in [-0.05, 0) is 6.42 Å². The summed E-state index contributed by atoms with van der Waals surface area (Å²) >= 11 is 0. The molecule has 0 unspecified atom stereocenters. The number of phenols is 1. The van der Waals surface area contributed by atoms with Crippen molar-refractivity contribution < 1.29 is 19.4 Å². The third kappa shape index (κ3) is 3.95. The van der Waals surface area contributed by atoms with Crippen LogP contribution in [0.4, 0.5) is 0 Å². The van der Waals surface area contributed by atoms with Crippen LogP contribution in [-0.4, -0.2) is 25.1 Å². The molecule has 100 valence electrons. The summed E-state index contributed by atoms with van der Waals surface area (Å²) in [5, 5.41) is 9.65. The monoisotopic (exact) mass is 252 g/mol. The first-order valence-corrected chi connectivity index (χ1v) is 6.21. The Morgan fingerprint density at radius 2 is 2.06 bits per heavy atom. The predicted molar refractivity (Wildman–Crippen MR) is 69.7 cm³/mol. The van der Waals surface area contributed by atoms with Gasteiger partial charge in [0.05, 0.1) is 19.3 Å². The Balaban J connectivity index is 2.61. The number of carbonyl (C=O) groups is 1. The van der Waals surface area contributed by atoms with Gasteiger partial charge in [0, 0.05) is 12.1 Å². The van der Waals surface area contributed by atoms with Crippen LogP contribution >= 0.6 is 0 Å². The number of aldehydes is 1. The first-order chi connectivity index (χ1) is 8.72. The summed E-state index contributed by atoms with van der Waals surface area (Å²) in [6.45, 7) is 2.75. The molecule has 0 amide bonds. The highest BCUT2D eigenvalue weighted by Gasteiger charge is 2.10. The number of hydrogen-bond acceptors (Lipinski definition) is 4. The lowest BCUT2D eigenvalue weighted by Crippen LogP contribution is -1.99. The average Bonchev–Trinajstić information content (AvgIpc) is 2.37. The first kappa shape index (κ1) is 14.4. The van der Waals surface area contributed by atoms with Crippen molar-refractivity contribution in [1.82, 2.24) is 0 Å². The predicted octanol–water partition coefficient (Wildman–Crippen LogP) is 3.17. The first-order valence-electron chi connectivity index (χ1n) is 6.21. The average molecular weight is 252 g/mol. The zero-order valence-electron chi connectivity index (χ0n) is 10.9. The number of ether oxygens (including phenoxy) is 2. The van der Waals surface area contributed by atoms with E-state index in [9.17, 15) is 9.90 Å². The SMILES string of the molecule is CCCCCCOc1cc(O)c(C=O)c(OC)c1. The molecular formula is C14H20O4. The zero-order chi connectivity index (χ0) is 13.4. The summed E-state index contributed by atoms with van der Waals surface area (Å²) in [5.41, 5.74) is 0.149. The smallest absolute Gasteiger partial charge is 0.157 e. The van der Waals surface area contributed by atoms with Crippen molar-refractivity contribution in [3.63, 3.8) is 0 Å². The van der Waals surface area contributed by atoms with E-state index >= 15 is 0 Å². The number of benzene rings is 1. The Kier molecular flexibility index (Phi) is 6.05. The van der Waals surface area contributed by atoms with Gasteiger partial charge in [-0.15, -0.1) is 0 Å². The number of aromatic hydroxyl groups is 1. The number of phenolic OH excluding ortho intramolecular Hbond substituents is 1. The minimum atomic E-state index is -0.118. The van der Waals surface area contributed by atoms with Crippen molar-refractivity contribution in [1.29, 1.82) is 0 Å². The van der Waals surface area contributed by atoms with E-state index in [0.29, 0.717) is 24.4 Å². The molecule has 0 atom stereocenters. The van der Waals surface area contributed by atoms with Crippen molar-refractivity contribution in [2.75, 3.05) is 13.7 Å². The number of rotatable bonds is 8. The van der Waals surface area contributed by atoms with E-state index in [-0.39, 0.29) is 11.3 Å². The van der Waals surface area contributed by atoms with Gasteiger partial charge in [0.15, 0.2) is 6.29 Å². The van der Waals surface area contributed by atoms with Crippen LogP contribution in [0.15, 0.2) is 12.1 Å². The molecule has 0 heterocycles. The molecule has 1 aromatic rings. The molecule has 0 fully saturated rings.